The number of hydrogen-bond donors (Lipinski definition) is 0. The van der Waals surface area contributed by atoms with Gasteiger partial charge in [-0.05, 0) is 0 Å². The van der Waals surface area contributed by atoms with Crippen LogP contribution in [0.3, 0.4) is 0 Å². The average Bonchev–Trinajstić information content (AvgIpc) is 2.44. The van der Waals surface area contributed by atoms with Crippen LogP contribution in [0, 0.1) is 10.1 Å². The van der Waals surface area contributed by atoms with Crippen LogP contribution in [0.2, 0.25) is 0 Å². The molecule has 121 valence electrons. The molecule has 7 nitrogen and oxygen atoms in total. The van der Waals surface area contributed by atoms with Gasteiger partial charge in [-0.3, -0.25) is 10.1 Å². The Morgan fingerprint density at radius 1 is 0.857 bits per heavy atom. The van der Waals surface area contributed by atoms with Crippen molar-refractivity contribution < 1.29 is 4.92 Å². The topological polar surface area (TPSA) is 92.6 Å². The van der Waals surface area contributed by atoms with Gasteiger partial charge in [-0.25, -0.2) is 20.3 Å². The van der Waals surface area contributed by atoms with Gasteiger partial charge in [0, 0.05) is 19.0 Å². The van der Waals surface area contributed by atoms with Crippen LogP contribution in [0.1, 0.15) is 28.7 Å². The van der Waals surface area contributed by atoms with E-state index in [4.69, 9.17) is 10.1 Å². The molecule has 0 amide bonds. The molecule has 0 atom stereocenters. The lowest BCUT2D eigenvalue weighted by molar-refractivity contribution is -0.445. The molecule has 1 rings (SSSR count). The highest BCUT2D eigenvalue weighted by molar-refractivity contribution is 6.29. The first-order valence-corrected chi connectivity index (χ1v) is 5.62. The number of rotatable bonds is 2. The fraction of sp³-hybridized carbons (Fsp3) is 0.538. The number of nitro groups is 1. The minimum atomic E-state index is -0.500. The van der Waals surface area contributed by atoms with Gasteiger partial charge >= 0.3 is 7.55 Å². The van der Waals surface area contributed by atoms with Crippen LogP contribution < -0.4 is 0 Å². The second-order valence-electron chi connectivity index (χ2n) is 2.34. The number of hydrogen-bond acceptors (Lipinski definition) is 6. The highest BCUT2D eigenvalue weighted by Crippen LogP contribution is 1.79. The zero-order chi connectivity index (χ0) is 15.4. The van der Waals surface area contributed by atoms with E-state index in [0.29, 0.717) is 0 Å². The van der Waals surface area contributed by atoms with E-state index in [9.17, 15) is 0 Å². The number of benzene rings is 1. The predicted molar refractivity (Wildman–Crippen MR) is 91.5 cm³/mol. The van der Waals surface area contributed by atoms with Crippen LogP contribution in [0.15, 0.2) is 56.7 Å². The second-order valence-corrected chi connectivity index (χ2v) is 2.34. The molecule has 0 fully saturated rings. The van der Waals surface area contributed by atoms with Gasteiger partial charge in [0.15, 0.2) is 7.05 Å². The van der Waals surface area contributed by atoms with Crippen molar-refractivity contribution in [2.24, 2.45) is 20.3 Å². The van der Waals surface area contributed by atoms with Crippen molar-refractivity contribution in [2.45, 2.75) is 28.7 Å². The summed E-state index contributed by atoms with van der Waals surface area (Å²) in [6.07, 6.45) is 0. The Kier molecular flexibility index (Phi) is 53.9. The lowest BCUT2D eigenvalue weighted by atomic mass is 10.3. The molecule has 0 aliphatic carbocycles. The van der Waals surface area contributed by atoms with Crippen LogP contribution >= 0.6 is 0 Å². The SMILES string of the molecule is C.C.CC.CN=N[B]N=NC.C[N+](=O)[O-].c1ccccc1. The van der Waals surface area contributed by atoms with Crippen molar-refractivity contribution in [3.63, 3.8) is 0 Å². The molecule has 1 radical (unpaired) electrons. The fourth-order valence-electron chi connectivity index (χ4n) is 0.511. The summed E-state index contributed by atoms with van der Waals surface area (Å²) < 4.78 is 0. The van der Waals surface area contributed by atoms with Gasteiger partial charge in [-0.15, -0.1) is 0 Å². The van der Waals surface area contributed by atoms with E-state index in [-0.39, 0.29) is 14.9 Å². The first-order valence-electron chi connectivity index (χ1n) is 5.62. The first-order chi connectivity index (χ1) is 9.15. The Bertz CT molecular complexity index is 281. The van der Waals surface area contributed by atoms with E-state index >= 15 is 0 Å². The van der Waals surface area contributed by atoms with Gasteiger partial charge in [0.1, 0.15) is 0 Å². The van der Waals surface area contributed by atoms with Crippen molar-refractivity contribution in [1.29, 1.82) is 0 Å². The van der Waals surface area contributed by atoms with Crippen LogP contribution in [0.25, 0.3) is 0 Å². The van der Waals surface area contributed by atoms with Crippen molar-refractivity contribution in [3.05, 3.63) is 46.5 Å². The quantitative estimate of drug-likeness (QED) is 0.346. The van der Waals surface area contributed by atoms with Gasteiger partial charge in [-0.1, -0.05) is 65.1 Å². The third-order valence-electron chi connectivity index (χ3n) is 1.00. The first kappa shape index (κ1) is 31.3. The van der Waals surface area contributed by atoms with Gasteiger partial charge in [0.2, 0.25) is 0 Å². The summed E-state index contributed by atoms with van der Waals surface area (Å²) in [5.74, 6) is 0. The maximum absolute atomic E-state index is 8.81. The molecule has 8 heteroatoms. The third kappa shape index (κ3) is 72.6. The monoisotopic (exact) mass is 298 g/mol. The molecule has 0 saturated carbocycles. The minimum absolute atomic E-state index is 0. The number of nitrogens with zero attached hydrogens (tertiary/aromatic N) is 5. The predicted octanol–water partition coefficient (Wildman–Crippen LogP) is 4.56. The molecule has 0 N–H and O–H groups in total. The summed E-state index contributed by atoms with van der Waals surface area (Å²) in [7, 11) is 5.31. The van der Waals surface area contributed by atoms with Crippen molar-refractivity contribution in [2.75, 3.05) is 21.1 Å². The van der Waals surface area contributed by atoms with E-state index in [1.165, 1.54) is 7.55 Å². The molecular formula is C13H29BN5O2. The summed E-state index contributed by atoms with van der Waals surface area (Å²) >= 11 is 0. The Morgan fingerprint density at radius 2 is 1.05 bits per heavy atom. The van der Waals surface area contributed by atoms with Crippen LogP contribution in [0.4, 0.5) is 0 Å². The second kappa shape index (κ2) is 36.1. The van der Waals surface area contributed by atoms with Crippen molar-refractivity contribution >= 4 is 7.55 Å². The molecule has 0 aliphatic rings. The summed E-state index contributed by atoms with van der Waals surface area (Å²) in [5, 5.41) is 22.4. The molecule has 0 saturated heterocycles. The minimum Gasteiger partial charge on any atom is -0.265 e. The van der Waals surface area contributed by atoms with Crippen LogP contribution in [-0.2, 0) is 0 Å². The zero-order valence-corrected chi connectivity index (χ0v) is 12.1. The molecular weight excluding hydrogens is 269 g/mol. The molecule has 0 spiro atoms. The van der Waals surface area contributed by atoms with Gasteiger partial charge in [-0.2, -0.15) is 0 Å². The molecule has 21 heavy (non-hydrogen) atoms. The Hall–Kier alpha value is -2.12. The molecule has 1 aromatic rings. The van der Waals surface area contributed by atoms with Gasteiger partial charge in [0.05, 0.1) is 0 Å². The summed E-state index contributed by atoms with van der Waals surface area (Å²) in [5.41, 5.74) is 0. The van der Waals surface area contributed by atoms with Gasteiger partial charge < -0.3 is 0 Å². The Labute approximate surface area is 130 Å². The molecule has 1 aromatic carbocycles. The van der Waals surface area contributed by atoms with Crippen LogP contribution in [0.5, 0.6) is 0 Å². The largest absolute Gasteiger partial charge is 0.484 e. The maximum Gasteiger partial charge on any atom is 0.484 e. The lowest BCUT2D eigenvalue weighted by Crippen LogP contribution is -1.79. The average molecular weight is 298 g/mol. The zero-order valence-electron chi connectivity index (χ0n) is 12.1. The normalized spacial score (nSPS) is 7.48. The Balaban J connectivity index is -0.0000000564. The maximum atomic E-state index is 8.81. The highest BCUT2D eigenvalue weighted by Gasteiger charge is 1.74. The molecule has 0 heterocycles. The van der Waals surface area contributed by atoms with Crippen molar-refractivity contribution in [1.82, 2.24) is 0 Å². The third-order valence-corrected chi connectivity index (χ3v) is 1.00. The highest BCUT2D eigenvalue weighted by atomic mass is 16.6. The van der Waals surface area contributed by atoms with E-state index in [1.54, 1.807) is 14.1 Å². The lowest BCUT2D eigenvalue weighted by Gasteiger charge is -1.69. The van der Waals surface area contributed by atoms with Crippen molar-refractivity contribution in [3.8, 4) is 0 Å². The summed E-state index contributed by atoms with van der Waals surface area (Å²) in [6.45, 7) is 4.00. The smallest absolute Gasteiger partial charge is 0.265 e. The van der Waals surface area contributed by atoms with Gasteiger partial charge in [0.25, 0.3) is 0 Å². The molecule has 0 unspecified atom stereocenters. The molecule has 0 aromatic heterocycles. The Morgan fingerprint density at radius 3 is 1.19 bits per heavy atom. The summed E-state index contributed by atoms with van der Waals surface area (Å²) in [4.78, 5) is 8.31. The molecule has 0 bridgehead atoms. The van der Waals surface area contributed by atoms with E-state index < -0.39 is 4.92 Å². The van der Waals surface area contributed by atoms with E-state index in [2.05, 4.69) is 20.3 Å². The fourth-order valence-corrected chi connectivity index (χ4v) is 0.511. The van der Waals surface area contributed by atoms with E-state index in [1.807, 2.05) is 50.2 Å². The van der Waals surface area contributed by atoms with E-state index in [0.717, 1.165) is 7.05 Å². The standard InChI is InChI=1S/C6H6.C2H6BN4.C2H6.CH3NO2.2CH4/c1-2-4-6-5-3-1;1-4-6-3-7-5-2;1-2;1-2(3)4;;/h1-6H;1-2H3;1-2H3;1H3;2*1H4. The van der Waals surface area contributed by atoms with Crippen LogP contribution in [-0.4, -0.2) is 33.6 Å². The molecule has 0 aliphatic heterocycles. The summed E-state index contributed by atoms with van der Waals surface area (Å²) in [6, 6.07) is 12.0.